The van der Waals surface area contributed by atoms with Crippen LogP contribution in [0.4, 0.5) is 5.95 Å². The minimum absolute atomic E-state index is 0.169. The summed E-state index contributed by atoms with van der Waals surface area (Å²) in [6.45, 7) is 5.77. The highest BCUT2D eigenvalue weighted by Gasteiger charge is 2.22. The molecule has 4 rings (SSSR count). The summed E-state index contributed by atoms with van der Waals surface area (Å²) >= 11 is 5.55. The lowest BCUT2D eigenvalue weighted by Gasteiger charge is -2.36. The minimum Gasteiger partial charge on any atom is -0.545 e. The van der Waals surface area contributed by atoms with Crippen molar-refractivity contribution in [2.45, 2.75) is 20.0 Å². The van der Waals surface area contributed by atoms with Crippen molar-refractivity contribution in [3.63, 3.8) is 0 Å². The van der Waals surface area contributed by atoms with E-state index in [2.05, 4.69) is 32.3 Å². The van der Waals surface area contributed by atoms with Crippen LogP contribution in [0.3, 0.4) is 0 Å². The van der Waals surface area contributed by atoms with E-state index in [1.54, 1.807) is 4.57 Å². The first-order chi connectivity index (χ1) is 15.5. The fourth-order valence-electron chi connectivity index (χ4n) is 3.70. The van der Waals surface area contributed by atoms with Crippen molar-refractivity contribution in [3.05, 3.63) is 64.1 Å². The second-order valence-electron chi connectivity index (χ2n) is 7.47. The molecule has 0 atom stereocenters. The number of carbonyl (C=O) groups excluding carboxylic acids is 1. The predicted octanol–water partition coefficient (Wildman–Crippen LogP) is 0.372. The molecule has 0 amide bonds. The average molecular weight is 452 g/mol. The number of nitrogens with one attached hydrogen (secondary N) is 1. The molecular weight excluding hydrogens is 428 g/mol. The average Bonchev–Trinajstić information content (AvgIpc) is 2.83. The third-order valence-corrected chi connectivity index (χ3v) is 5.90. The molecule has 1 aliphatic rings. The number of thiocarbonyl (C=S) groups is 1. The second kappa shape index (κ2) is 9.31. The Labute approximate surface area is 190 Å². The number of pyridine rings is 1. The predicted molar refractivity (Wildman–Crippen MR) is 123 cm³/mol. The summed E-state index contributed by atoms with van der Waals surface area (Å²) in [7, 11) is 0. The van der Waals surface area contributed by atoms with Crippen LogP contribution in [0.1, 0.15) is 22.8 Å². The number of piperazine rings is 1. The number of anilines is 1. The lowest BCUT2D eigenvalue weighted by atomic mass is 10.2. The van der Waals surface area contributed by atoms with Gasteiger partial charge in [-0.3, -0.25) is 4.79 Å². The van der Waals surface area contributed by atoms with Gasteiger partial charge in [-0.15, -0.1) is 0 Å². The number of fused-ring (bicyclic) bond motifs is 1. The van der Waals surface area contributed by atoms with Gasteiger partial charge in [-0.1, -0.05) is 30.3 Å². The fraction of sp³-hybridized carbons (Fsp3) is 0.318. The van der Waals surface area contributed by atoms with Gasteiger partial charge in [-0.2, -0.15) is 4.98 Å². The molecule has 1 aromatic carbocycles. The Bertz CT molecular complexity index is 1210. The molecule has 0 aliphatic carbocycles. The SMILES string of the molecule is CCn1cc(C(=O)[O-])c(=O)c2cnc(N3CCN(C(=S)NCc4ccccc4)CC3)nc21. The number of benzene rings is 1. The second-order valence-corrected chi connectivity index (χ2v) is 7.86. The van der Waals surface area contributed by atoms with Crippen molar-refractivity contribution in [2.75, 3.05) is 31.1 Å². The maximum atomic E-state index is 12.5. The molecule has 166 valence electrons. The van der Waals surface area contributed by atoms with E-state index >= 15 is 0 Å². The molecular formula is C22H23N6O3S-. The third kappa shape index (κ3) is 4.40. The summed E-state index contributed by atoms with van der Waals surface area (Å²) in [6.07, 6.45) is 2.68. The van der Waals surface area contributed by atoms with Crippen molar-refractivity contribution < 1.29 is 9.90 Å². The molecule has 10 heteroatoms. The van der Waals surface area contributed by atoms with Crippen LogP contribution >= 0.6 is 12.2 Å². The molecule has 3 heterocycles. The Hall–Kier alpha value is -3.53. The summed E-state index contributed by atoms with van der Waals surface area (Å²) in [6, 6.07) is 10.1. The van der Waals surface area contributed by atoms with Gasteiger partial charge in [0, 0.05) is 51.7 Å². The Morgan fingerprint density at radius 1 is 1.19 bits per heavy atom. The van der Waals surface area contributed by atoms with E-state index in [1.165, 1.54) is 18.0 Å². The first-order valence-electron chi connectivity index (χ1n) is 10.4. The van der Waals surface area contributed by atoms with Crippen molar-refractivity contribution >= 4 is 40.3 Å². The smallest absolute Gasteiger partial charge is 0.227 e. The van der Waals surface area contributed by atoms with Crippen LogP contribution < -0.4 is 20.8 Å². The summed E-state index contributed by atoms with van der Waals surface area (Å²) in [5, 5.41) is 15.4. The molecule has 0 spiro atoms. The number of rotatable bonds is 5. The number of aromatic carboxylic acids is 1. The topological polar surface area (TPSA) is 106 Å². The van der Waals surface area contributed by atoms with Crippen molar-refractivity contribution in [1.29, 1.82) is 0 Å². The zero-order valence-electron chi connectivity index (χ0n) is 17.7. The largest absolute Gasteiger partial charge is 0.545 e. The number of carbonyl (C=O) groups is 1. The molecule has 1 fully saturated rings. The van der Waals surface area contributed by atoms with E-state index in [0.29, 0.717) is 56.0 Å². The fourth-order valence-corrected chi connectivity index (χ4v) is 3.95. The quantitative estimate of drug-likeness (QED) is 0.551. The molecule has 1 aliphatic heterocycles. The van der Waals surface area contributed by atoms with Crippen molar-refractivity contribution in [3.8, 4) is 0 Å². The van der Waals surface area contributed by atoms with Crippen LogP contribution in [0.25, 0.3) is 11.0 Å². The maximum absolute atomic E-state index is 12.5. The number of aromatic nitrogens is 3. The molecule has 0 bridgehead atoms. The van der Waals surface area contributed by atoms with Crippen LogP contribution in [0.5, 0.6) is 0 Å². The standard InChI is InChI=1S/C22H24N6O3S/c1-2-26-14-17(20(30)31)18(29)16-13-23-21(25-19(16)26)27-8-10-28(11-9-27)22(32)24-12-15-6-4-3-5-7-15/h3-7,13-14H,2,8-12H2,1H3,(H,24,32)(H,30,31)/p-1. The number of carboxylic acid groups (broad SMARTS) is 1. The molecule has 32 heavy (non-hydrogen) atoms. The third-order valence-electron chi connectivity index (χ3n) is 5.50. The summed E-state index contributed by atoms with van der Waals surface area (Å²) in [5.74, 6) is -1.00. The monoisotopic (exact) mass is 451 g/mol. The van der Waals surface area contributed by atoms with Gasteiger partial charge in [-0.25, -0.2) is 4.98 Å². The minimum atomic E-state index is -1.50. The highest BCUT2D eigenvalue weighted by atomic mass is 32.1. The highest BCUT2D eigenvalue weighted by Crippen LogP contribution is 2.16. The van der Waals surface area contributed by atoms with Crippen LogP contribution in [0.2, 0.25) is 0 Å². The van der Waals surface area contributed by atoms with Crippen LogP contribution in [0, 0.1) is 0 Å². The molecule has 1 N–H and O–H groups in total. The Balaban J connectivity index is 1.45. The van der Waals surface area contributed by atoms with Crippen LogP contribution in [-0.4, -0.2) is 56.7 Å². The molecule has 0 unspecified atom stereocenters. The van der Waals surface area contributed by atoms with Gasteiger partial charge < -0.3 is 29.6 Å². The molecule has 9 nitrogen and oxygen atoms in total. The van der Waals surface area contributed by atoms with Gasteiger partial charge in [-0.05, 0) is 24.7 Å². The summed E-state index contributed by atoms with van der Waals surface area (Å²) in [5.41, 5.74) is 0.563. The number of hydrogen-bond acceptors (Lipinski definition) is 7. The molecule has 3 aromatic rings. The Morgan fingerprint density at radius 3 is 2.56 bits per heavy atom. The van der Waals surface area contributed by atoms with E-state index in [9.17, 15) is 14.7 Å². The van der Waals surface area contributed by atoms with Gasteiger partial charge >= 0.3 is 0 Å². The molecule has 0 saturated carbocycles. The number of carboxylic acids is 1. The van der Waals surface area contributed by atoms with E-state index in [4.69, 9.17) is 12.2 Å². The zero-order valence-corrected chi connectivity index (χ0v) is 18.5. The van der Waals surface area contributed by atoms with E-state index in [1.807, 2.05) is 30.0 Å². The van der Waals surface area contributed by atoms with Crippen LogP contribution in [-0.2, 0) is 13.1 Å². The van der Waals surface area contributed by atoms with Gasteiger partial charge in [0.25, 0.3) is 0 Å². The summed E-state index contributed by atoms with van der Waals surface area (Å²) < 4.78 is 1.63. The van der Waals surface area contributed by atoms with Gasteiger partial charge in [0.15, 0.2) is 5.11 Å². The van der Waals surface area contributed by atoms with Gasteiger partial charge in [0.2, 0.25) is 11.4 Å². The number of hydrogen-bond donors (Lipinski definition) is 1. The van der Waals surface area contributed by atoms with Crippen molar-refractivity contribution in [1.82, 2.24) is 24.8 Å². The zero-order chi connectivity index (χ0) is 22.7. The molecule has 1 saturated heterocycles. The maximum Gasteiger partial charge on any atom is 0.227 e. The number of nitrogens with zero attached hydrogens (tertiary/aromatic N) is 5. The lowest BCUT2D eigenvalue weighted by Crippen LogP contribution is -2.52. The first-order valence-corrected chi connectivity index (χ1v) is 10.8. The van der Waals surface area contributed by atoms with Crippen molar-refractivity contribution in [2.24, 2.45) is 0 Å². The molecule has 0 radical (unpaired) electrons. The summed E-state index contributed by atoms with van der Waals surface area (Å²) in [4.78, 5) is 36.8. The highest BCUT2D eigenvalue weighted by molar-refractivity contribution is 7.80. The number of aryl methyl sites for hydroxylation is 1. The van der Waals surface area contributed by atoms with E-state index in [-0.39, 0.29) is 10.9 Å². The van der Waals surface area contributed by atoms with Crippen LogP contribution in [0.15, 0.2) is 47.5 Å². The van der Waals surface area contributed by atoms with Gasteiger partial charge in [0.1, 0.15) is 5.65 Å². The van der Waals surface area contributed by atoms with Gasteiger partial charge in [0.05, 0.1) is 16.9 Å². The van der Waals surface area contributed by atoms with E-state index < -0.39 is 11.4 Å². The lowest BCUT2D eigenvalue weighted by molar-refractivity contribution is -0.255. The Kier molecular flexibility index (Phi) is 6.31. The normalized spacial score (nSPS) is 13.9. The molecule has 2 aromatic heterocycles. The first kappa shape index (κ1) is 21.7. The van der Waals surface area contributed by atoms with E-state index in [0.717, 1.165) is 0 Å². The Morgan fingerprint density at radius 2 is 1.91 bits per heavy atom.